The zero-order chi connectivity index (χ0) is 17.8. The number of halogens is 1. The maximum Gasteiger partial charge on any atom is 0.303 e. The summed E-state index contributed by atoms with van der Waals surface area (Å²) in [5, 5.41) is 9.25. The van der Waals surface area contributed by atoms with Crippen LogP contribution in [0.5, 0.6) is 0 Å². The van der Waals surface area contributed by atoms with Gasteiger partial charge in [0.15, 0.2) is 11.5 Å². The third-order valence-electron chi connectivity index (χ3n) is 4.59. The summed E-state index contributed by atoms with van der Waals surface area (Å²) < 4.78 is 5.83. The van der Waals surface area contributed by atoms with Gasteiger partial charge in [-0.25, -0.2) is 4.98 Å². The van der Waals surface area contributed by atoms with Gasteiger partial charge in [0.05, 0.1) is 0 Å². The van der Waals surface area contributed by atoms with E-state index in [0.29, 0.717) is 43.3 Å². The molecule has 1 N–H and O–H groups in total. The first-order valence-corrected chi connectivity index (χ1v) is 8.96. The molecule has 0 aliphatic carbocycles. The Morgan fingerprint density at radius 2 is 1.96 bits per heavy atom. The topological polar surface area (TPSA) is 83.6 Å². The lowest BCUT2D eigenvalue weighted by atomic mass is 9.96. The van der Waals surface area contributed by atoms with E-state index in [1.165, 1.54) is 0 Å². The molecule has 1 fully saturated rings. The number of hydrogen-bond acceptors (Lipinski definition) is 4. The molecule has 0 bridgehead atoms. The predicted molar refractivity (Wildman–Crippen MR) is 93.7 cm³/mol. The highest BCUT2D eigenvalue weighted by Crippen LogP contribution is 2.31. The van der Waals surface area contributed by atoms with Crippen LogP contribution in [0.25, 0.3) is 11.1 Å². The molecule has 25 heavy (non-hydrogen) atoms. The van der Waals surface area contributed by atoms with Gasteiger partial charge in [-0.1, -0.05) is 11.6 Å². The molecule has 6 nitrogen and oxygen atoms in total. The van der Waals surface area contributed by atoms with Crippen molar-refractivity contribution in [1.82, 2.24) is 9.88 Å². The van der Waals surface area contributed by atoms with Crippen LogP contribution in [0.2, 0.25) is 5.02 Å². The Morgan fingerprint density at radius 3 is 2.68 bits per heavy atom. The van der Waals surface area contributed by atoms with Crippen molar-refractivity contribution in [2.24, 2.45) is 0 Å². The number of aromatic nitrogens is 1. The first-order chi connectivity index (χ1) is 12.0. The van der Waals surface area contributed by atoms with Crippen LogP contribution >= 0.6 is 11.6 Å². The number of carboxylic acid groups (broad SMARTS) is 1. The van der Waals surface area contributed by atoms with Crippen molar-refractivity contribution >= 4 is 34.6 Å². The number of amides is 1. The number of benzene rings is 1. The Balaban J connectivity index is 1.50. The minimum absolute atomic E-state index is 0.105. The second kappa shape index (κ2) is 7.87. The Kier molecular flexibility index (Phi) is 5.58. The van der Waals surface area contributed by atoms with Gasteiger partial charge in [-0.2, -0.15) is 0 Å². The average molecular weight is 365 g/mol. The number of unbranched alkanes of at least 4 members (excludes halogenated alkanes) is 1. The number of fused-ring (bicyclic) bond motifs is 1. The van der Waals surface area contributed by atoms with Crippen molar-refractivity contribution in [3.05, 3.63) is 29.1 Å². The number of carbonyl (C=O) groups excluding carboxylic acids is 1. The zero-order valence-corrected chi connectivity index (χ0v) is 14.7. The van der Waals surface area contributed by atoms with E-state index in [9.17, 15) is 9.59 Å². The summed E-state index contributed by atoms with van der Waals surface area (Å²) in [4.78, 5) is 29.1. The highest BCUT2D eigenvalue weighted by Gasteiger charge is 2.26. The summed E-state index contributed by atoms with van der Waals surface area (Å²) in [5.74, 6) is 0.217. The van der Waals surface area contributed by atoms with E-state index in [2.05, 4.69) is 4.98 Å². The van der Waals surface area contributed by atoms with Crippen LogP contribution in [-0.2, 0) is 9.59 Å². The van der Waals surface area contributed by atoms with E-state index in [4.69, 9.17) is 21.1 Å². The van der Waals surface area contributed by atoms with Gasteiger partial charge in [0.1, 0.15) is 5.52 Å². The van der Waals surface area contributed by atoms with Crippen molar-refractivity contribution in [3.8, 4) is 0 Å². The molecule has 134 valence electrons. The first-order valence-electron chi connectivity index (χ1n) is 8.58. The Bertz CT molecular complexity index is 766. The lowest BCUT2D eigenvalue weighted by Crippen LogP contribution is -2.37. The number of nitrogens with zero attached hydrogens (tertiary/aromatic N) is 2. The van der Waals surface area contributed by atoms with Crippen molar-refractivity contribution in [2.75, 3.05) is 13.1 Å². The number of oxazole rings is 1. The van der Waals surface area contributed by atoms with Crippen molar-refractivity contribution < 1.29 is 19.1 Å². The third-order valence-corrected chi connectivity index (χ3v) is 4.83. The number of piperidine rings is 1. The largest absolute Gasteiger partial charge is 0.481 e. The molecule has 1 aromatic carbocycles. The van der Waals surface area contributed by atoms with Crippen LogP contribution in [0.15, 0.2) is 22.6 Å². The Labute approximate surface area is 150 Å². The lowest BCUT2D eigenvalue weighted by Gasteiger charge is -2.30. The SMILES string of the molecule is O=C(O)CCCCC(=O)N1CCC(c2nc3cc(Cl)ccc3o2)CC1. The van der Waals surface area contributed by atoms with E-state index >= 15 is 0 Å². The van der Waals surface area contributed by atoms with Crippen molar-refractivity contribution in [2.45, 2.75) is 44.4 Å². The summed E-state index contributed by atoms with van der Waals surface area (Å²) in [6, 6.07) is 5.40. The lowest BCUT2D eigenvalue weighted by molar-refractivity contribution is -0.137. The van der Waals surface area contributed by atoms with Gasteiger partial charge >= 0.3 is 5.97 Å². The molecule has 0 radical (unpaired) electrons. The van der Waals surface area contributed by atoms with E-state index in [0.717, 1.165) is 23.9 Å². The van der Waals surface area contributed by atoms with E-state index in [1.807, 2.05) is 11.0 Å². The van der Waals surface area contributed by atoms with Gasteiger partial charge < -0.3 is 14.4 Å². The second-order valence-corrected chi connectivity index (χ2v) is 6.86. The van der Waals surface area contributed by atoms with Crippen LogP contribution in [0.1, 0.15) is 50.3 Å². The molecule has 0 spiro atoms. The number of rotatable bonds is 6. The van der Waals surface area contributed by atoms with Crippen molar-refractivity contribution in [1.29, 1.82) is 0 Å². The minimum atomic E-state index is -0.812. The molecule has 2 aromatic rings. The van der Waals surface area contributed by atoms with E-state index < -0.39 is 5.97 Å². The molecule has 3 rings (SSSR count). The number of carboxylic acids is 1. The summed E-state index contributed by atoms with van der Waals surface area (Å²) in [7, 11) is 0. The monoisotopic (exact) mass is 364 g/mol. The summed E-state index contributed by atoms with van der Waals surface area (Å²) in [5.41, 5.74) is 1.50. The molecule has 1 saturated heterocycles. The normalized spacial score (nSPS) is 15.6. The summed E-state index contributed by atoms with van der Waals surface area (Å²) >= 11 is 5.98. The van der Waals surface area contributed by atoms with Crippen LogP contribution in [-0.4, -0.2) is 40.0 Å². The molecular formula is C18H21ClN2O4. The highest BCUT2D eigenvalue weighted by molar-refractivity contribution is 6.31. The molecule has 0 atom stereocenters. The second-order valence-electron chi connectivity index (χ2n) is 6.42. The van der Waals surface area contributed by atoms with Crippen LogP contribution in [0.3, 0.4) is 0 Å². The Morgan fingerprint density at radius 1 is 1.24 bits per heavy atom. The fourth-order valence-electron chi connectivity index (χ4n) is 3.18. The maximum absolute atomic E-state index is 12.2. The number of carbonyl (C=O) groups is 2. The fourth-order valence-corrected chi connectivity index (χ4v) is 3.35. The maximum atomic E-state index is 12.2. The van der Waals surface area contributed by atoms with Gasteiger partial charge in [0.25, 0.3) is 0 Å². The third kappa shape index (κ3) is 4.51. The van der Waals surface area contributed by atoms with Gasteiger partial charge in [-0.05, 0) is 43.9 Å². The van der Waals surface area contributed by atoms with E-state index in [-0.39, 0.29) is 18.2 Å². The smallest absolute Gasteiger partial charge is 0.303 e. The zero-order valence-electron chi connectivity index (χ0n) is 13.9. The molecule has 1 aromatic heterocycles. The van der Waals surface area contributed by atoms with Gasteiger partial charge in [-0.15, -0.1) is 0 Å². The summed E-state index contributed by atoms with van der Waals surface area (Å²) in [6.45, 7) is 1.36. The standard InChI is InChI=1S/C18H21ClN2O4/c19-13-5-6-15-14(11-13)20-18(25-15)12-7-9-21(10-8-12)16(22)3-1-2-4-17(23)24/h5-6,11-12H,1-4,7-10H2,(H,23,24). The molecule has 1 aliphatic rings. The summed E-state index contributed by atoms with van der Waals surface area (Å²) in [6.07, 6.45) is 3.35. The fraction of sp³-hybridized carbons (Fsp3) is 0.500. The number of hydrogen-bond donors (Lipinski definition) is 1. The highest BCUT2D eigenvalue weighted by atomic mass is 35.5. The first kappa shape index (κ1) is 17.7. The number of likely N-dealkylation sites (tertiary alicyclic amines) is 1. The van der Waals surface area contributed by atoms with Crippen molar-refractivity contribution in [3.63, 3.8) is 0 Å². The van der Waals surface area contributed by atoms with Gasteiger partial charge in [-0.3, -0.25) is 9.59 Å². The molecule has 7 heteroatoms. The Hall–Kier alpha value is -2.08. The molecule has 2 heterocycles. The van der Waals surface area contributed by atoms with Gasteiger partial charge in [0, 0.05) is 36.9 Å². The number of aliphatic carboxylic acids is 1. The van der Waals surface area contributed by atoms with Crippen LogP contribution in [0, 0.1) is 0 Å². The van der Waals surface area contributed by atoms with Crippen LogP contribution < -0.4 is 0 Å². The minimum Gasteiger partial charge on any atom is -0.481 e. The molecule has 1 amide bonds. The van der Waals surface area contributed by atoms with Gasteiger partial charge in [0.2, 0.25) is 5.91 Å². The molecular weight excluding hydrogens is 344 g/mol. The molecule has 0 unspecified atom stereocenters. The average Bonchev–Trinajstić information content (AvgIpc) is 3.01. The molecule has 1 aliphatic heterocycles. The van der Waals surface area contributed by atoms with E-state index in [1.54, 1.807) is 12.1 Å². The quantitative estimate of drug-likeness (QED) is 0.787. The molecule has 0 saturated carbocycles. The van der Waals surface area contributed by atoms with Crippen LogP contribution in [0.4, 0.5) is 0 Å². The predicted octanol–water partition coefficient (Wildman–Crippen LogP) is 3.83.